The summed E-state index contributed by atoms with van der Waals surface area (Å²) in [4.78, 5) is 0. The standard InChI is InChI=1S/C12H16Cl2N2/c1-7(16-10-5-9(15)6-10)8-2-3-11(13)12(14)4-8/h2-4,7,9-10,16H,5-6,15H2,1H3. The Bertz CT molecular complexity index is 375. The van der Waals surface area contributed by atoms with Crippen LogP contribution in [-0.4, -0.2) is 12.1 Å². The highest BCUT2D eigenvalue weighted by Crippen LogP contribution is 2.27. The van der Waals surface area contributed by atoms with Crippen LogP contribution in [0.2, 0.25) is 10.0 Å². The monoisotopic (exact) mass is 258 g/mol. The average Bonchev–Trinajstić information content (AvgIpc) is 2.19. The Hall–Kier alpha value is -0.280. The molecule has 0 bridgehead atoms. The highest BCUT2D eigenvalue weighted by Gasteiger charge is 2.26. The van der Waals surface area contributed by atoms with Gasteiger partial charge in [-0.1, -0.05) is 29.3 Å². The summed E-state index contributed by atoms with van der Waals surface area (Å²) in [6.07, 6.45) is 2.12. The molecule has 0 saturated heterocycles. The summed E-state index contributed by atoms with van der Waals surface area (Å²) in [7, 11) is 0. The Labute approximate surface area is 106 Å². The van der Waals surface area contributed by atoms with E-state index < -0.39 is 0 Å². The predicted molar refractivity (Wildman–Crippen MR) is 69.0 cm³/mol. The Morgan fingerprint density at radius 3 is 2.56 bits per heavy atom. The van der Waals surface area contributed by atoms with Gasteiger partial charge in [0.2, 0.25) is 0 Å². The lowest BCUT2D eigenvalue weighted by Gasteiger charge is -2.35. The molecule has 2 nitrogen and oxygen atoms in total. The van der Waals surface area contributed by atoms with Crippen LogP contribution in [0.1, 0.15) is 31.4 Å². The summed E-state index contributed by atoms with van der Waals surface area (Å²) in [6.45, 7) is 2.13. The van der Waals surface area contributed by atoms with Gasteiger partial charge in [0.05, 0.1) is 10.0 Å². The van der Waals surface area contributed by atoms with Crippen molar-refractivity contribution in [2.75, 3.05) is 0 Å². The van der Waals surface area contributed by atoms with Crippen molar-refractivity contribution in [1.82, 2.24) is 5.32 Å². The lowest BCUT2D eigenvalue weighted by atomic mass is 9.87. The third kappa shape index (κ3) is 2.69. The highest BCUT2D eigenvalue weighted by molar-refractivity contribution is 6.42. The fraction of sp³-hybridized carbons (Fsp3) is 0.500. The van der Waals surface area contributed by atoms with Crippen molar-refractivity contribution in [2.24, 2.45) is 5.73 Å². The first kappa shape index (κ1) is 12.2. The zero-order valence-corrected chi connectivity index (χ0v) is 10.7. The maximum atomic E-state index is 5.99. The topological polar surface area (TPSA) is 38.0 Å². The molecule has 0 aromatic heterocycles. The van der Waals surface area contributed by atoms with E-state index in [0.717, 1.165) is 18.4 Å². The maximum Gasteiger partial charge on any atom is 0.0595 e. The van der Waals surface area contributed by atoms with Crippen LogP contribution in [0.5, 0.6) is 0 Å². The van der Waals surface area contributed by atoms with Crippen LogP contribution in [0.3, 0.4) is 0 Å². The lowest BCUT2D eigenvalue weighted by molar-refractivity contribution is 0.272. The molecule has 1 fully saturated rings. The number of rotatable bonds is 3. The molecule has 1 saturated carbocycles. The van der Waals surface area contributed by atoms with Crippen LogP contribution in [0.25, 0.3) is 0 Å². The zero-order valence-electron chi connectivity index (χ0n) is 9.21. The molecule has 0 spiro atoms. The molecular weight excluding hydrogens is 243 g/mol. The van der Waals surface area contributed by atoms with Crippen LogP contribution in [0, 0.1) is 0 Å². The first-order valence-electron chi connectivity index (χ1n) is 5.53. The summed E-state index contributed by atoms with van der Waals surface area (Å²) >= 11 is 11.9. The van der Waals surface area contributed by atoms with E-state index in [1.807, 2.05) is 18.2 Å². The van der Waals surface area contributed by atoms with E-state index in [9.17, 15) is 0 Å². The van der Waals surface area contributed by atoms with Gasteiger partial charge in [0.1, 0.15) is 0 Å². The predicted octanol–water partition coefficient (Wildman–Crippen LogP) is 3.13. The molecule has 1 aliphatic rings. The quantitative estimate of drug-likeness (QED) is 0.875. The molecule has 3 N–H and O–H groups in total. The molecule has 1 atom stereocenters. The van der Waals surface area contributed by atoms with Gasteiger partial charge in [-0.3, -0.25) is 0 Å². The molecule has 1 unspecified atom stereocenters. The van der Waals surface area contributed by atoms with Gasteiger partial charge in [0, 0.05) is 18.1 Å². The van der Waals surface area contributed by atoms with Crippen LogP contribution in [0.4, 0.5) is 0 Å². The van der Waals surface area contributed by atoms with Gasteiger partial charge in [0.25, 0.3) is 0 Å². The lowest BCUT2D eigenvalue weighted by Crippen LogP contribution is -2.49. The van der Waals surface area contributed by atoms with Gasteiger partial charge in [-0.2, -0.15) is 0 Å². The second kappa shape index (κ2) is 4.92. The van der Waals surface area contributed by atoms with E-state index >= 15 is 0 Å². The van der Waals surface area contributed by atoms with Crippen molar-refractivity contribution >= 4 is 23.2 Å². The van der Waals surface area contributed by atoms with Crippen molar-refractivity contribution < 1.29 is 0 Å². The fourth-order valence-electron chi connectivity index (χ4n) is 2.03. The molecule has 16 heavy (non-hydrogen) atoms. The molecule has 0 radical (unpaired) electrons. The second-order valence-corrected chi connectivity index (χ2v) is 5.30. The largest absolute Gasteiger partial charge is 0.328 e. The van der Waals surface area contributed by atoms with Crippen molar-refractivity contribution in [3.8, 4) is 0 Å². The summed E-state index contributed by atoms with van der Waals surface area (Å²) in [5.41, 5.74) is 6.91. The minimum absolute atomic E-state index is 0.285. The third-order valence-corrected chi connectivity index (χ3v) is 3.84. The molecule has 0 amide bonds. The molecule has 88 valence electrons. The second-order valence-electron chi connectivity index (χ2n) is 4.49. The fourth-order valence-corrected chi connectivity index (χ4v) is 2.34. The first-order valence-corrected chi connectivity index (χ1v) is 6.28. The molecule has 4 heteroatoms. The van der Waals surface area contributed by atoms with Crippen molar-refractivity contribution in [1.29, 1.82) is 0 Å². The van der Waals surface area contributed by atoms with E-state index in [4.69, 9.17) is 28.9 Å². The minimum atomic E-state index is 0.285. The summed E-state index contributed by atoms with van der Waals surface area (Å²) in [5.74, 6) is 0. The van der Waals surface area contributed by atoms with Gasteiger partial charge in [-0.05, 0) is 37.5 Å². The van der Waals surface area contributed by atoms with Crippen LogP contribution < -0.4 is 11.1 Å². The minimum Gasteiger partial charge on any atom is -0.328 e. The molecule has 1 aromatic carbocycles. The van der Waals surface area contributed by atoms with Gasteiger partial charge in [-0.15, -0.1) is 0 Å². The Morgan fingerprint density at radius 2 is 2.00 bits per heavy atom. The summed E-state index contributed by atoms with van der Waals surface area (Å²) in [5, 5.41) is 4.74. The van der Waals surface area contributed by atoms with E-state index in [-0.39, 0.29) is 6.04 Å². The van der Waals surface area contributed by atoms with Gasteiger partial charge in [-0.25, -0.2) is 0 Å². The van der Waals surface area contributed by atoms with E-state index in [2.05, 4.69) is 12.2 Å². The van der Waals surface area contributed by atoms with Crippen LogP contribution in [0.15, 0.2) is 18.2 Å². The average molecular weight is 259 g/mol. The molecule has 2 rings (SSSR count). The zero-order chi connectivity index (χ0) is 11.7. The van der Waals surface area contributed by atoms with Crippen molar-refractivity contribution in [3.05, 3.63) is 33.8 Å². The Balaban J connectivity index is 1.97. The van der Waals surface area contributed by atoms with Crippen molar-refractivity contribution in [2.45, 2.75) is 37.9 Å². The normalized spacial score (nSPS) is 26.2. The van der Waals surface area contributed by atoms with Gasteiger partial charge in [0.15, 0.2) is 0 Å². The first-order chi connectivity index (χ1) is 7.56. The number of hydrogen-bond acceptors (Lipinski definition) is 2. The molecular formula is C12H16Cl2N2. The molecule has 1 aliphatic carbocycles. The van der Waals surface area contributed by atoms with Gasteiger partial charge < -0.3 is 11.1 Å². The SMILES string of the molecule is CC(NC1CC(N)C1)c1ccc(Cl)c(Cl)c1. The smallest absolute Gasteiger partial charge is 0.0595 e. The molecule has 0 aliphatic heterocycles. The maximum absolute atomic E-state index is 5.99. The van der Waals surface area contributed by atoms with Crippen molar-refractivity contribution in [3.63, 3.8) is 0 Å². The van der Waals surface area contributed by atoms with Gasteiger partial charge >= 0.3 is 0 Å². The third-order valence-electron chi connectivity index (χ3n) is 3.10. The number of nitrogens with one attached hydrogen (secondary N) is 1. The Kier molecular flexibility index (Phi) is 3.75. The molecule has 1 aromatic rings. The number of nitrogens with two attached hydrogens (primary N) is 1. The van der Waals surface area contributed by atoms with Crippen LogP contribution in [-0.2, 0) is 0 Å². The number of halogens is 2. The summed E-state index contributed by atoms with van der Waals surface area (Å²) in [6, 6.07) is 6.96. The van der Waals surface area contributed by atoms with Crippen LogP contribution >= 0.6 is 23.2 Å². The highest BCUT2D eigenvalue weighted by atomic mass is 35.5. The Morgan fingerprint density at radius 1 is 1.31 bits per heavy atom. The number of hydrogen-bond donors (Lipinski definition) is 2. The molecule has 0 heterocycles. The van der Waals surface area contributed by atoms with E-state index in [1.165, 1.54) is 0 Å². The van der Waals surface area contributed by atoms with E-state index in [0.29, 0.717) is 22.1 Å². The summed E-state index contributed by atoms with van der Waals surface area (Å²) < 4.78 is 0. The number of benzene rings is 1. The van der Waals surface area contributed by atoms with E-state index in [1.54, 1.807) is 0 Å².